The van der Waals surface area contributed by atoms with Gasteiger partial charge in [-0.25, -0.2) is 41.0 Å². The molecule has 14 heteroatoms. The molecule has 0 aliphatic heterocycles. The molecule has 12 nitrogen and oxygen atoms in total. The molecule has 0 aliphatic carbocycles. The van der Waals surface area contributed by atoms with E-state index in [4.69, 9.17) is 13.6 Å². The van der Waals surface area contributed by atoms with Gasteiger partial charge in [-0.3, -0.25) is 0 Å². The largest absolute Gasteiger partial charge is 0.459 e. The summed E-state index contributed by atoms with van der Waals surface area (Å²) in [6.45, 7) is 3.81. The first-order valence-corrected chi connectivity index (χ1v) is 18.5. The van der Waals surface area contributed by atoms with E-state index < -0.39 is 26.0 Å². The topological polar surface area (TPSA) is 171 Å². The van der Waals surface area contributed by atoms with Crippen LogP contribution in [0.1, 0.15) is 36.8 Å². The van der Waals surface area contributed by atoms with Gasteiger partial charge < -0.3 is 13.6 Å². The van der Waals surface area contributed by atoms with Crippen molar-refractivity contribution >= 4 is 37.8 Å². The fraction of sp³-hybridized carbons (Fsp3) is 0.139. The van der Waals surface area contributed by atoms with Crippen LogP contribution in [0.4, 0.5) is 11.8 Å². The Labute approximate surface area is 290 Å². The Bertz CT molecular complexity index is 2230. The summed E-state index contributed by atoms with van der Waals surface area (Å²) in [4.78, 5) is 20.7. The zero-order valence-electron chi connectivity index (χ0n) is 27.1. The van der Waals surface area contributed by atoms with Gasteiger partial charge in [0.15, 0.2) is 5.89 Å². The molecule has 258 valence electrons. The van der Waals surface area contributed by atoms with Gasteiger partial charge in [0, 0.05) is 17.5 Å². The third-order valence-corrected chi connectivity index (χ3v) is 9.56. The van der Waals surface area contributed by atoms with Crippen LogP contribution >= 0.6 is 0 Å². The number of anilines is 2. The molecule has 6 rings (SSSR count). The lowest BCUT2D eigenvalue weighted by atomic mass is 10.2. The van der Waals surface area contributed by atoms with Gasteiger partial charge in [-0.05, 0) is 37.6 Å². The second-order valence-corrected chi connectivity index (χ2v) is 13.9. The molecular weight excluding hydrogens is 681 g/mol. The summed E-state index contributed by atoms with van der Waals surface area (Å²) in [5.41, 5.74) is 2.10. The maximum Gasteiger partial charge on any atom is 0.394 e. The fourth-order valence-corrected chi connectivity index (χ4v) is 6.60. The van der Waals surface area contributed by atoms with E-state index in [0.717, 1.165) is 12.0 Å². The van der Waals surface area contributed by atoms with Crippen LogP contribution in [0.25, 0.3) is 22.5 Å². The number of aryl methyl sites for hydroxylation is 1. The molecule has 0 saturated carbocycles. The Morgan fingerprint density at radius 1 is 0.620 bits per heavy atom. The number of carbonyl (C=O) groups is 1. The van der Waals surface area contributed by atoms with Crippen molar-refractivity contribution in [2.75, 3.05) is 16.1 Å². The van der Waals surface area contributed by atoms with Crippen LogP contribution in [0.2, 0.25) is 0 Å². The first-order valence-electron chi connectivity index (χ1n) is 15.6. The normalized spacial score (nSPS) is 11.2. The quantitative estimate of drug-likeness (QED) is 0.122. The highest BCUT2D eigenvalue weighted by molar-refractivity contribution is 7.93. The Morgan fingerprint density at radius 3 is 1.48 bits per heavy atom. The number of carbonyl (C=O) groups excluding carboxylic acids is 1. The van der Waals surface area contributed by atoms with Crippen LogP contribution < -0.4 is 9.44 Å². The molecule has 0 bridgehead atoms. The summed E-state index contributed by atoms with van der Waals surface area (Å²) in [5, 5.41) is 0. The molecule has 0 fully saturated rings. The second-order valence-electron chi connectivity index (χ2n) is 10.5. The van der Waals surface area contributed by atoms with Crippen molar-refractivity contribution in [3.63, 3.8) is 0 Å². The number of hydrogen-bond acceptors (Lipinski definition) is 10. The number of nitrogens with one attached hydrogen (secondary N) is 2. The summed E-state index contributed by atoms with van der Waals surface area (Å²) in [7, 11) is -7.63. The third kappa shape index (κ3) is 8.84. The van der Waals surface area contributed by atoms with E-state index in [9.17, 15) is 21.6 Å². The molecule has 2 aromatic heterocycles. The van der Waals surface area contributed by atoms with Crippen LogP contribution in [0.15, 0.2) is 140 Å². The highest BCUT2D eigenvalue weighted by atomic mass is 32.2. The predicted octanol–water partition coefficient (Wildman–Crippen LogP) is 7.41. The van der Waals surface area contributed by atoms with Crippen molar-refractivity contribution in [3.8, 4) is 22.5 Å². The number of aromatic nitrogens is 2. The number of ether oxygens (including phenoxy) is 1. The maximum atomic E-state index is 12.6. The van der Waals surface area contributed by atoms with Crippen molar-refractivity contribution in [1.82, 2.24) is 9.97 Å². The Morgan fingerprint density at radius 2 is 1.04 bits per heavy atom. The number of nitrogens with zero attached hydrogens (tertiary/aromatic N) is 2. The fourth-order valence-electron chi connectivity index (χ4n) is 4.57. The first-order chi connectivity index (χ1) is 24.1. The third-order valence-electron chi connectivity index (χ3n) is 6.87. The number of esters is 1. The number of hydrogen-bond donors (Lipinski definition) is 2. The number of benzene rings is 4. The molecule has 2 heterocycles. The molecular formula is C36H34N4O8S2. The molecule has 0 aliphatic rings. The van der Waals surface area contributed by atoms with Crippen molar-refractivity contribution in [3.05, 3.63) is 133 Å². The number of rotatable bonds is 12. The van der Waals surface area contributed by atoms with Gasteiger partial charge in [-0.15, -0.1) is 0 Å². The lowest BCUT2D eigenvalue weighted by Crippen LogP contribution is -2.13. The molecule has 0 amide bonds. The maximum absolute atomic E-state index is 12.6. The van der Waals surface area contributed by atoms with E-state index in [1.165, 1.54) is 24.3 Å². The molecule has 2 N–H and O–H groups in total. The molecule has 0 spiro atoms. The molecule has 6 aromatic rings. The van der Waals surface area contributed by atoms with Crippen molar-refractivity contribution in [2.45, 2.75) is 36.5 Å². The van der Waals surface area contributed by atoms with Crippen LogP contribution in [-0.2, 0) is 31.2 Å². The number of oxazole rings is 2. The summed E-state index contributed by atoms with van der Waals surface area (Å²) >= 11 is 0. The summed E-state index contributed by atoms with van der Waals surface area (Å²) < 4.78 is 71.0. The summed E-state index contributed by atoms with van der Waals surface area (Å²) in [6, 6.07) is 34.2. The molecule has 50 heavy (non-hydrogen) atoms. The van der Waals surface area contributed by atoms with Crippen LogP contribution in [-0.4, -0.2) is 39.4 Å². The molecule has 4 aromatic carbocycles. The first kappa shape index (κ1) is 35.6. The summed E-state index contributed by atoms with van der Waals surface area (Å²) in [5.74, 6) is -0.579. The van der Waals surface area contributed by atoms with Gasteiger partial charge in [-0.2, -0.15) is 0 Å². The number of sulfonamides is 2. The van der Waals surface area contributed by atoms with Gasteiger partial charge in [0.1, 0.15) is 11.4 Å². The molecule has 0 radical (unpaired) electrons. The monoisotopic (exact) mass is 714 g/mol. The van der Waals surface area contributed by atoms with Gasteiger partial charge in [0.05, 0.1) is 16.4 Å². The van der Waals surface area contributed by atoms with E-state index >= 15 is 0 Å². The zero-order chi connectivity index (χ0) is 35.6. The smallest absolute Gasteiger partial charge is 0.394 e. The van der Waals surface area contributed by atoms with E-state index in [1.54, 1.807) is 67.6 Å². The van der Waals surface area contributed by atoms with E-state index in [2.05, 4.69) is 19.4 Å². The Balaban J connectivity index is 0.000000195. The lowest BCUT2D eigenvalue weighted by Gasteiger charge is -2.06. The van der Waals surface area contributed by atoms with Gasteiger partial charge in [0.25, 0.3) is 20.0 Å². The standard InChI is InChI=1S/C18H16N2O5S.C18H18N2O3S/c1-2-24-18(21)17-19-15(13-9-5-3-6-10-13)16(25-17)20-26(22,23)14-11-7-4-8-12-14;1-2-9-16-19-17(14-10-5-3-6-11-14)18(23-16)20-24(21,22)15-12-7-4-8-13-15/h3-12,20H,2H2,1H3;3-8,10-13,20H,2,9H2,1H3. The van der Waals surface area contributed by atoms with Crippen LogP contribution in [0, 0.1) is 0 Å². The van der Waals surface area contributed by atoms with Crippen LogP contribution in [0.5, 0.6) is 0 Å². The highest BCUT2D eigenvalue weighted by Crippen LogP contribution is 2.32. The highest BCUT2D eigenvalue weighted by Gasteiger charge is 2.25. The Hall–Kier alpha value is -5.73. The average Bonchev–Trinajstić information content (AvgIpc) is 3.73. The molecule has 0 saturated heterocycles. The van der Waals surface area contributed by atoms with E-state index in [-0.39, 0.29) is 39.8 Å². The van der Waals surface area contributed by atoms with Gasteiger partial charge in [-0.1, -0.05) is 104 Å². The Kier molecular flexibility index (Phi) is 11.5. The lowest BCUT2D eigenvalue weighted by molar-refractivity contribution is 0.0482. The molecule has 0 unspecified atom stereocenters. The minimum Gasteiger partial charge on any atom is -0.459 e. The van der Waals surface area contributed by atoms with Crippen molar-refractivity contribution in [1.29, 1.82) is 0 Å². The SMILES string of the molecule is CCCc1nc(-c2ccccc2)c(NS(=O)(=O)c2ccccc2)o1.CCOC(=O)c1nc(-c2ccccc2)c(NS(=O)(=O)c2ccccc2)o1. The van der Waals surface area contributed by atoms with Gasteiger partial charge >= 0.3 is 11.9 Å². The second kappa shape index (κ2) is 16.1. The molecule has 0 atom stereocenters. The van der Waals surface area contributed by atoms with Gasteiger partial charge in [0.2, 0.25) is 11.8 Å². The summed E-state index contributed by atoms with van der Waals surface area (Å²) in [6.07, 6.45) is 1.51. The van der Waals surface area contributed by atoms with Crippen molar-refractivity contribution in [2.24, 2.45) is 0 Å². The minimum absolute atomic E-state index is 0.0631. The van der Waals surface area contributed by atoms with Crippen molar-refractivity contribution < 1.29 is 35.2 Å². The average molecular weight is 715 g/mol. The van der Waals surface area contributed by atoms with E-state index in [1.807, 2.05) is 43.3 Å². The van der Waals surface area contributed by atoms with E-state index in [0.29, 0.717) is 23.6 Å². The van der Waals surface area contributed by atoms with Crippen LogP contribution in [0.3, 0.4) is 0 Å². The zero-order valence-corrected chi connectivity index (χ0v) is 28.8. The predicted molar refractivity (Wildman–Crippen MR) is 188 cm³/mol. The minimum atomic E-state index is -3.90.